The zero-order valence-corrected chi connectivity index (χ0v) is 15.5. The van der Waals surface area contributed by atoms with Gasteiger partial charge in [-0.05, 0) is 67.9 Å². The lowest BCUT2D eigenvalue weighted by Crippen LogP contribution is -2.46. The number of benzene rings is 1. The monoisotopic (exact) mass is 386 g/mol. The van der Waals surface area contributed by atoms with Crippen LogP contribution in [0.25, 0.3) is 0 Å². The zero-order chi connectivity index (χ0) is 18.6. The fourth-order valence-electron chi connectivity index (χ4n) is 3.82. The molecule has 1 aromatic carbocycles. The molecule has 1 amide bonds. The second-order valence-corrected chi connectivity index (χ2v) is 8.36. The average Bonchev–Trinajstić information content (AvgIpc) is 2.66. The fraction of sp³-hybridized carbons (Fsp3) is 0.632. The molecule has 26 heavy (non-hydrogen) atoms. The Morgan fingerprint density at radius 1 is 1.23 bits per heavy atom. The van der Waals surface area contributed by atoms with E-state index in [2.05, 4.69) is 10.2 Å². The molecule has 2 saturated heterocycles. The maximum absolute atomic E-state index is 12.8. The van der Waals surface area contributed by atoms with Crippen molar-refractivity contribution >= 4 is 17.7 Å². The van der Waals surface area contributed by atoms with Crippen LogP contribution < -0.4 is 5.32 Å². The van der Waals surface area contributed by atoms with Crippen LogP contribution in [0.2, 0.25) is 0 Å². The van der Waals surface area contributed by atoms with Gasteiger partial charge < -0.3 is 5.32 Å². The molecular formula is C19H25F3N2OS. The van der Waals surface area contributed by atoms with Crippen molar-refractivity contribution in [3.63, 3.8) is 0 Å². The molecule has 0 saturated carbocycles. The summed E-state index contributed by atoms with van der Waals surface area (Å²) in [5.41, 5.74) is -0.721. The topological polar surface area (TPSA) is 32.3 Å². The van der Waals surface area contributed by atoms with Crippen molar-refractivity contribution in [1.82, 2.24) is 10.2 Å². The van der Waals surface area contributed by atoms with Crippen LogP contribution in [0.4, 0.5) is 13.2 Å². The summed E-state index contributed by atoms with van der Waals surface area (Å²) < 4.78 is 38.4. The Labute approximate surface area is 156 Å². The lowest BCUT2D eigenvalue weighted by molar-refractivity contribution is -0.137. The predicted octanol–water partition coefficient (Wildman–Crippen LogP) is 4.04. The molecule has 0 aromatic heterocycles. The molecule has 2 fully saturated rings. The number of amides is 1. The standard InChI is InChI=1S/C19H25F3N2OS/c20-19(21,22)16-5-1-4-15(11-16)18(25)23-12-14-3-2-8-24(13-14)17-6-9-26-10-7-17/h1,4-5,11,14,17H,2-3,6-10,12-13H2,(H,23,25)/t14-/m1/s1. The second-order valence-electron chi connectivity index (χ2n) is 7.14. The van der Waals surface area contributed by atoms with Crippen molar-refractivity contribution in [1.29, 1.82) is 0 Å². The molecular weight excluding hydrogens is 361 g/mol. The van der Waals surface area contributed by atoms with Gasteiger partial charge in [-0.15, -0.1) is 0 Å². The van der Waals surface area contributed by atoms with Gasteiger partial charge in [-0.2, -0.15) is 24.9 Å². The first-order chi connectivity index (χ1) is 12.4. The largest absolute Gasteiger partial charge is 0.416 e. The van der Waals surface area contributed by atoms with Crippen LogP contribution in [0.1, 0.15) is 41.6 Å². The first-order valence-corrected chi connectivity index (χ1v) is 10.4. The molecule has 7 heteroatoms. The number of thioether (sulfide) groups is 1. The predicted molar refractivity (Wildman–Crippen MR) is 98.4 cm³/mol. The van der Waals surface area contributed by atoms with Gasteiger partial charge in [0.2, 0.25) is 0 Å². The summed E-state index contributed by atoms with van der Waals surface area (Å²) in [4.78, 5) is 14.8. The fourth-order valence-corrected chi connectivity index (χ4v) is 4.90. The minimum atomic E-state index is -4.43. The molecule has 0 radical (unpaired) electrons. The number of piperidine rings is 1. The van der Waals surface area contributed by atoms with Gasteiger partial charge in [-0.3, -0.25) is 9.69 Å². The molecule has 2 aliphatic heterocycles. The van der Waals surface area contributed by atoms with Crippen molar-refractivity contribution in [3.8, 4) is 0 Å². The van der Waals surface area contributed by atoms with E-state index in [1.54, 1.807) is 0 Å². The highest BCUT2D eigenvalue weighted by atomic mass is 32.2. The maximum atomic E-state index is 12.8. The highest BCUT2D eigenvalue weighted by Crippen LogP contribution is 2.29. The highest BCUT2D eigenvalue weighted by Gasteiger charge is 2.31. The van der Waals surface area contributed by atoms with Crippen LogP contribution in [-0.4, -0.2) is 48.0 Å². The number of carbonyl (C=O) groups is 1. The normalized spacial score (nSPS) is 23.0. The minimum Gasteiger partial charge on any atom is -0.352 e. The summed E-state index contributed by atoms with van der Waals surface area (Å²) in [6, 6.07) is 5.26. The van der Waals surface area contributed by atoms with Crippen molar-refractivity contribution in [2.45, 2.75) is 37.9 Å². The Morgan fingerprint density at radius 3 is 2.73 bits per heavy atom. The summed E-state index contributed by atoms with van der Waals surface area (Å²) in [5, 5.41) is 2.83. The second kappa shape index (κ2) is 8.65. The Morgan fingerprint density at radius 2 is 2.00 bits per heavy atom. The van der Waals surface area contributed by atoms with Crippen LogP contribution in [0.5, 0.6) is 0 Å². The molecule has 0 unspecified atom stereocenters. The van der Waals surface area contributed by atoms with E-state index >= 15 is 0 Å². The van der Waals surface area contributed by atoms with E-state index in [4.69, 9.17) is 0 Å². The third-order valence-corrected chi connectivity index (χ3v) is 6.31. The van der Waals surface area contributed by atoms with E-state index in [-0.39, 0.29) is 5.56 Å². The number of rotatable bonds is 4. The number of alkyl halides is 3. The van der Waals surface area contributed by atoms with Crippen LogP contribution in [-0.2, 0) is 6.18 Å². The third kappa shape index (κ3) is 5.16. The molecule has 3 nitrogen and oxygen atoms in total. The van der Waals surface area contributed by atoms with Crippen molar-refractivity contribution in [2.24, 2.45) is 5.92 Å². The first-order valence-electron chi connectivity index (χ1n) is 9.21. The summed E-state index contributed by atoms with van der Waals surface area (Å²) >= 11 is 2.01. The van der Waals surface area contributed by atoms with E-state index in [1.807, 2.05) is 11.8 Å². The summed E-state index contributed by atoms with van der Waals surface area (Å²) in [5.74, 6) is 2.38. The van der Waals surface area contributed by atoms with E-state index in [0.29, 0.717) is 18.5 Å². The lowest BCUT2D eigenvalue weighted by atomic mass is 9.95. The number of halogens is 3. The number of nitrogens with zero attached hydrogens (tertiary/aromatic N) is 1. The maximum Gasteiger partial charge on any atom is 0.416 e. The Kier molecular flexibility index (Phi) is 6.51. The van der Waals surface area contributed by atoms with Crippen LogP contribution in [0, 0.1) is 5.92 Å². The number of hydrogen-bond acceptors (Lipinski definition) is 3. The van der Waals surface area contributed by atoms with Crippen molar-refractivity contribution < 1.29 is 18.0 Å². The number of carbonyl (C=O) groups excluding carboxylic acids is 1. The van der Waals surface area contributed by atoms with Gasteiger partial charge in [0.25, 0.3) is 5.91 Å². The molecule has 1 N–H and O–H groups in total. The molecule has 144 valence electrons. The van der Waals surface area contributed by atoms with Gasteiger partial charge in [0.1, 0.15) is 0 Å². The van der Waals surface area contributed by atoms with Gasteiger partial charge in [0, 0.05) is 24.7 Å². The van der Waals surface area contributed by atoms with Gasteiger partial charge in [0.15, 0.2) is 0 Å². The number of nitrogens with one attached hydrogen (secondary N) is 1. The van der Waals surface area contributed by atoms with Crippen LogP contribution in [0.15, 0.2) is 24.3 Å². The Bertz CT molecular complexity index is 617. The van der Waals surface area contributed by atoms with Crippen LogP contribution in [0.3, 0.4) is 0 Å². The first kappa shape index (κ1) is 19.5. The van der Waals surface area contributed by atoms with Crippen molar-refractivity contribution in [3.05, 3.63) is 35.4 Å². The highest BCUT2D eigenvalue weighted by molar-refractivity contribution is 7.99. The number of hydrogen-bond donors (Lipinski definition) is 1. The van der Waals surface area contributed by atoms with E-state index < -0.39 is 17.6 Å². The molecule has 0 bridgehead atoms. The quantitative estimate of drug-likeness (QED) is 0.848. The zero-order valence-electron chi connectivity index (χ0n) is 14.7. The van der Waals surface area contributed by atoms with Gasteiger partial charge in [-0.25, -0.2) is 0 Å². The van der Waals surface area contributed by atoms with Gasteiger partial charge in [0.05, 0.1) is 5.56 Å². The smallest absolute Gasteiger partial charge is 0.352 e. The molecule has 2 heterocycles. The molecule has 1 aromatic rings. The molecule has 0 spiro atoms. The lowest BCUT2D eigenvalue weighted by Gasteiger charge is -2.40. The van der Waals surface area contributed by atoms with Gasteiger partial charge in [-0.1, -0.05) is 6.07 Å². The average molecular weight is 386 g/mol. The third-order valence-electron chi connectivity index (χ3n) is 5.26. The minimum absolute atomic E-state index is 0.0665. The van der Waals surface area contributed by atoms with Crippen molar-refractivity contribution in [2.75, 3.05) is 31.1 Å². The summed E-state index contributed by atoms with van der Waals surface area (Å²) in [7, 11) is 0. The van der Waals surface area contributed by atoms with E-state index in [0.717, 1.165) is 38.1 Å². The SMILES string of the molecule is O=C(NC[C@H]1CCCN(C2CCSCC2)C1)c1cccc(C(F)(F)F)c1. The summed E-state index contributed by atoms with van der Waals surface area (Å²) in [6.07, 6.45) is 0.203. The molecule has 0 aliphatic carbocycles. The van der Waals surface area contributed by atoms with Crippen LogP contribution >= 0.6 is 11.8 Å². The summed E-state index contributed by atoms with van der Waals surface area (Å²) in [6.45, 7) is 2.61. The Balaban J connectivity index is 1.52. The molecule has 3 rings (SSSR count). The van der Waals surface area contributed by atoms with E-state index in [1.165, 1.54) is 36.5 Å². The molecule has 1 atom stereocenters. The van der Waals surface area contributed by atoms with Gasteiger partial charge >= 0.3 is 6.18 Å². The molecule has 2 aliphatic rings. The number of likely N-dealkylation sites (tertiary alicyclic amines) is 1. The van der Waals surface area contributed by atoms with E-state index in [9.17, 15) is 18.0 Å². The Hall–Kier alpha value is -1.21.